The summed E-state index contributed by atoms with van der Waals surface area (Å²) in [7, 11) is 0. The van der Waals surface area contributed by atoms with Crippen molar-refractivity contribution in [2.75, 3.05) is 6.54 Å². The molecule has 1 aromatic heterocycles. The number of carbonyl (C=O) groups is 2. The van der Waals surface area contributed by atoms with Crippen molar-refractivity contribution in [3.05, 3.63) is 23.7 Å². The van der Waals surface area contributed by atoms with Gasteiger partial charge in [0.25, 0.3) is 5.91 Å². The van der Waals surface area contributed by atoms with Crippen LogP contribution in [-0.2, 0) is 4.79 Å². The van der Waals surface area contributed by atoms with Crippen molar-refractivity contribution in [1.29, 1.82) is 0 Å². The number of aliphatic carboxylic acids is 1. The molecule has 0 saturated heterocycles. The molecule has 1 aromatic rings. The summed E-state index contributed by atoms with van der Waals surface area (Å²) in [5, 5.41) is 8.73. The highest BCUT2D eigenvalue weighted by Crippen LogP contribution is 2.20. The summed E-state index contributed by atoms with van der Waals surface area (Å²) in [5.74, 6) is -0.921. The number of carboxylic acid groups (broad SMARTS) is 1. The van der Waals surface area contributed by atoms with Crippen molar-refractivity contribution in [3.63, 3.8) is 0 Å². The number of carboxylic acids is 1. The standard InChI is InChI=1S/C13H19NO4/c1-9-6-8-18-11(9)12(17)14(13(2,3)4)7-5-10(15)16/h6,8H,5,7H2,1-4H3,(H,15,16). The Hall–Kier alpha value is -1.78. The van der Waals surface area contributed by atoms with Crippen molar-refractivity contribution in [2.45, 2.75) is 39.7 Å². The summed E-state index contributed by atoms with van der Waals surface area (Å²) >= 11 is 0. The molecule has 1 N–H and O–H groups in total. The van der Waals surface area contributed by atoms with Crippen molar-refractivity contribution in [3.8, 4) is 0 Å². The molecule has 5 heteroatoms. The molecular weight excluding hydrogens is 234 g/mol. The van der Waals surface area contributed by atoms with Gasteiger partial charge in [0.1, 0.15) is 0 Å². The van der Waals surface area contributed by atoms with E-state index in [-0.39, 0.29) is 24.6 Å². The highest BCUT2D eigenvalue weighted by atomic mass is 16.4. The quantitative estimate of drug-likeness (QED) is 0.893. The Balaban J connectivity index is 2.94. The molecule has 0 saturated carbocycles. The van der Waals surface area contributed by atoms with E-state index in [0.717, 1.165) is 5.56 Å². The SMILES string of the molecule is Cc1ccoc1C(=O)N(CCC(=O)O)C(C)(C)C. The van der Waals surface area contributed by atoms with E-state index in [4.69, 9.17) is 9.52 Å². The van der Waals surface area contributed by atoms with Gasteiger partial charge in [-0.15, -0.1) is 0 Å². The number of amides is 1. The zero-order valence-electron chi connectivity index (χ0n) is 11.2. The lowest BCUT2D eigenvalue weighted by Gasteiger charge is -2.35. The van der Waals surface area contributed by atoms with Gasteiger partial charge in [0.15, 0.2) is 5.76 Å². The van der Waals surface area contributed by atoms with E-state index < -0.39 is 11.5 Å². The van der Waals surface area contributed by atoms with E-state index in [1.165, 1.54) is 11.2 Å². The summed E-state index contributed by atoms with van der Waals surface area (Å²) < 4.78 is 5.17. The fourth-order valence-corrected chi connectivity index (χ4v) is 1.66. The first-order chi connectivity index (χ1) is 8.23. The second kappa shape index (κ2) is 5.25. The molecule has 0 aliphatic carbocycles. The van der Waals surface area contributed by atoms with Gasteiger partial charge in [-0.05, 0) is 33.8 Å². The number of hydrogen-bond acceptors (Lipinski definition) is 3. The first-order valence-corrected chi connectivity index (χ1v) is 5.81. The molecule has 1 amide bonds. The Morgan fingerprint density at radius 1 is 1.39 bits per heavy atom. The molecule has 0 radical (unpaired) electrons. The smallest absolute Gasteiger partial charge is 0.305 e. The average molecular weight is 253 g/mol. The van der Waals surface area contributed by atoms with Gasteiger partial charge in [-0.2, -0.15) is 0 Å². The van der Waals surface area contributed by atoms with E-state index in [1.54, 1.807) is 13.0 Å². The third-order valence-electron chi connectivity index (χ3n) is 2.66. The van der Waals surface area contributed by atoms with E-state index in [0.29, 0.717) is 0 Å². The van der Waals surface area contributed by atoms with Crippen LogP contribution in [0.4, 0.5) is 0 Å². The van der Waals surface area contributed by atoms with Gasteiger partial charge >= 0.3 is 5.97 Å². The average Bonchev–Trinajstić information content (AvgIpc) is 2.61. The number of aryl methyl sites for hydroxylation is 1. The van der Waals surface area contributed by atoms with Crippen LogP contribution in [0.15, 0.2) is 16.7 Å². The van der Waals surface area contributed by atoms with Gasteiger partial charge in [-0.25, -0.2) is 0 Å². The minimum atomic E-state index is -0.923. The first-order valence-electron chi connectivity index (χ1n) is 5.81. The predicted molar refractivity (Wildman–Crippen MR) is 66.5 cm³/mol. The normalized spacial score (nSPS) is 11.3. The third-order valence-corrected chi connectivity index (χ3v) is 2.66. The number of hydrogen-bond donors (Lipinski definition) is 1. The maximum Gasteiger partial charge on any atom is 0.305 e. The highest BCUT2D eigenvalue weighted by molar-refractivity contribution is 5.93. The molecule has 0 bridgehead atoms. The molecule has 0 unspecified atom stereocenters. The van der Waals surface area contributed by atoms with Crippen LogP contribution in [0.3, 0.4) is 0 Å². The Bertz CT molecular complexity index is 442. The molecule has 0 atom stereocenters. The second-order valence-corrected chi connectivity index (χ2v) is 5.20. The highest BCUT2D eigenvalue weighted by Gasteiger charge is 2.30. The van der Waals surface area contributed by atoms with Gasteiger partial charge in [0, 0.05) is 17.6 Å². The molecule has 1 rings (SSSR count). The van der Waals surface area contributed by atoms with Crippen molar-refractivity contribution >= 4 is 11.9 Å². The molecule has 18 heavy (non-hydrogen) atoms. The maximum atomic E-state index is 12.3. The molecule has 1 heterocycles. The third kappa shape index (κ3) is 3.35. The fraction of sp³-hybridized carbons (Fsp3) is 0.538. The number of carbonyl (C=O) groups excluding carboxylic acids is 1. The molecule has 0 aliphatic rings. The van der Waals surface area contributed by atoms with Crippen LogP contribution in [0.25, 0.3) is 0 Å². The van der Waals surface area contributed by atoms with Crippen LogP contribution in [0.2, 0.25) is 0 Å². The molecule has 100 valence electrons. The van der Waals surface area contributed by atoms with Gasteiger partial charge in [-0.1, -0.05) is 0 Å². The summed E-state index contributed by atoms with van der Waals surface area (Å²) in [4.78, 5) is 24.5. The molecule has 0 aliphatic heterocycles. The van der Waals surface area contributed by atoms with Crippen molar-refractivity contribution < 1.29 is 19.1 Å². The predicted octanol–water partition coefficient (Wildman–Crippen LogP) is 2.30. The van der Waals surface area contributed by atoms with Gasteiger partial charge in [-0.3, -0.25) is 9.59 Å². The van der Waals surface area contributed by atoms with Gasteiger partial charge in [0.2, 0.25) is 0 Å². The molecule has 5 nitrogen and oxygen atoms in total. The monoisotopic (exact) mass is 253 g/mol. The number of rotatable bonds is 4. The molecular formula is C13H19NO4. The molecule has 0 fully saturated rings. The summed E-state index contributed by atoms with van der Waals surface area (Å²) in [5.41, 5.74) is 0.302. The largest absolute Gasteiger partial charge is 0.481 e. The first kappa shape index (κ1) is 14.3. The topological polar surface area (TPSA) is 70.8 Å². The van der Waals surface area contributed by atoms with E-state index >= 15 is 0 Å². The lowest BCUT2D eigenvalue weighted by molar-refractivity contribution is -0.137. The number of furan rings is 1. The molecule has 0 aromatic carbocycles. The van der Waals surface area contributed by atoms with Crippen LogP contribution >= 0.6 is 0 Å². The summed E-state index contributed by atoms with van der Waals surface area (Å²) in [6, 6.07) is 1.71. The Kier molecular flexibility index (Phi) is 4.16. The maximum absolute atomic E-state index is 12.3. The summed E-state index contributed by atoms with van der Waals surface area (Å²) in [6.07, 6.45) is 1.38. The van der Waals surface area contributed by atoms with Crippen LogP contribution in [0.1, 0.15) is 43.3 Å². The minimum Gasteiger partial charge on any atom is -0.481 e. The zero-order chi connectivity index (χ0) is 13.9. The minimum absolute atomic E-state index is 0.0806. The fourth-order valence-electron chi connectivity index (χ4n) is 1.66. The Morgan fingerprint density at radius 2 is 2.00 bits per heavy atom. The van der Waals surface area contributed by atoms with E-state index in [9.17, 15) is 9.59 Å². The van der Waals surface area contributed by atoms with Gasteiger partial charge < -0.3 is 14.4 Å². The van der Waals surface area contributed by atoms with Crippen LogP contribution < -0.4 is 0 Å². The lowest BCUT2D eigenvalue weighted by atomic mass is 10.0. The second-order valence-electron chi connectivity index (χ2n) is 5.20. The zero-order valence-corrected chi connectivity index (χ0v) is 11.2. The molecule has 0 spiro atoms. The summed E-state index contributed by atoms with van der Waals surface area (Å²) in [6.45, 7) is 7.55. The van der Waals surface area contributed by atoms with Crippen molar-refractivity contribution in [2.24, 2.45) is 0 Å². The lowest BCUT2D eigenvalue weighted by Crippen LogP contribution is -2.46. The van der Waals surface area contributed by atoms with Crippen molar-refractivity contribution in [1.82, 2.24) is 4.90 Å². The van der Waals surface area contributed by atoms with Gasteiger partial charge in [0.05, 0.1) is 12.7 Å². The van der Waals surface area contributed by atoms with Crippen LogP contribution in [0, 0.1) is 6.92 Å². The van der Waals surface area contributed by atoms with Crippen LogP contribution in [0.5, 0.6) is 0 Å². The number of nitrogens with zero attached hydrogens (tertiary/aromatic N) is 1. The van der Waals surface area contributed by atoms with Crippen LogP contribution in [-0.4, -0.2) is 34.0 Å². The Morgan fingerprint density at radius 3 is 2.39 bits per heavy atom. The van der Waals surface area contributed by atoms with E-state index in [2.05, 4.69) is 0 Å². The Labute approximate surface area is 106 Å². The van der Waals surface area contributed by atoms with E-state index in [1.807, 2.05) is 20.8 Å².